The number of ether oxygens (including phenoxy) is 1. The van der Waals surface area contributed by atoms with Crippen LogP contribution in [0.25, 0.3) is 0 Å². The molecule has 0 aliphatic carbocycles. The normalized spacial score (nSPS) is 10.0. The van der Waals surface area contributed by atoms with Gasteiger partial charge in [-0.2, -0.15) is 0 Å². The van der Waals surface area contributed by atoms with Crippen LogP contribution >= 0.6 is 0 Å². The molecule has 1 aromatic heterocycles. The molecule has 0 radical (unpaired) electrons. The first-order chi connectivity index (χ1) is 10.0. The second kappa shape index (κ2) is 6.04. The first-order valence-electron chi connectivity index (χ1n) is 6.21. The molecule has 0 unspecified atom stereocenters. The van der Waals surface area contributed by atoms with Gasteiger partial charge in [0.2, 0.25) is 0 Å². The van der Waals surface area contributed by atoms with Gasteiger partial charge in [-0.15, -0.1) is 0 Å². The summed E-state index contributed by atoms with van der Waals surface area (Å²) in [6.45, 7) is 1.42. The van der Waals surface area contributed by atoms with Crippen LogP contribution in [-0.2, 0) is 4.74 Å². The Labute approximate surface area is 121 Å². The predicted octanol–water partition coefficient (Wildman–Crippen LogP) is 2.26. The van der Waals surface area contributed by atoms with Gasteiger partial charge in [-0.25, -0.2) is 4.79 Å². The molecule has 6 heteroatoms. The maximum absolute atomic E-state index is 12.0. The van der Waals surface area contributed by atoms with E-state index in [9.17, 15) is 14.4 Å². The SMILES string of the molecule is COC(=O)c1ccc(NC(=O)c2ccc(C(C)=O)[nH]2)cc1. The zero-order chi connectivity index (χ0) is 15.4. The summed E-state index contributed by atoms with van der Waals surface area (Å²) in [6.07, 6.45) is 0. The number of nitrogens with one attached hydrogen (secondary N) is 2. The summed E-state index contributed by atoms with van der Waals surface area (Å²) in [5.74, 6) is -0.951. The van der Waals surface area contributed by atoms with Gasteiger partial charge in [0.25, 0.3) is 5.91 Å². The van der Waals surface area contributed by atoms with Crippen molar-refractivity contribution in [3.8, 4) is 0 Å². The molecule has 0 atom stereocenters. The van der Waals surface area contributed by atoms with Crippen molar-refractivity contribution in [2.24, 2.45) is 0 Å². The second-order valence-corrected chi connectivity index (χ2v) is 4.36. The van der Waals surface area contributed by atoms with E-state index in [0.29, 0.717) is 16.9 Å². The minimum absolute atomic E-state index is 0.142. The summed E-state index contributed by atoms with van der Waals surface area (Å²) in [5, 5.41) is 2.66. The van der Waals surface area contributed by atoms with Crippen molar-refractivity contribution >= 4 is 23.3 Å². The molecule has 6 nitrogen and oxygen atoms in total. The Bertz CT molecular complexity index is 686. The predicted molar refractivity (Wildman–Crippen MR) is 76.5 cm³/mol. The summed E-state index contributed by atoms with van der Waals surface area (Å²) < 4.78 is 4.59. The summed E-state index contributed by atoms with van der Waals surface area (Å²) in [5.41, 5.74) is 1.60. The smallest absolute Gasteiger partial charge is 0.337 e. The Morgan fingerprint density at radius 2 is 1.62 bits per heavy atom. The van der Waals surface area contributed by atoms with Crippen molar-refractivity contribution in [2.75, 3.05) is 12.4 Å². The van der Waals surface area contributed by atoms with E-state index >= 15 is 0 Å². The topological polar surface area (TPSA) is 88.3 Å². The molecule has 108 valence electrons. The van der Waals surface area contributed by atoms with Crippen LogP contribution in [0.5, 0.6) is 0 Å². The van der Waals surface area contributed by atoms with E-state index in [0.717, 1.165) is 0 Å². The number of Topliss-reactive ketones (excluding diaryl/α,β-unsaturated/α-hetero) is 1. The van der Waals surface area contributed by atoms with Gasteiger partial charge >= 0.3 is 5.97 Å². The molecular weight excluding hydrogens is 272 g/mol. The molecule has 0 fully saturated rings. The highest BCUT2D eigenvalue weighted by Crippen LogP contribution is 2.12. The highest BCUT2D eigenvalue weighted by Gasteiger charge is 2.11. The van der Waals surface area contributed by atoms with Crippen molar-refractivity contribution in [3.05, 3.63) is 53.3 Å². The Hall–Kier alpha value is -2.89. The lowest BCUT2D eigenvalue weighted by molar-refractivity contribution is 0.0600. The number of methoxy groups -OCH3 is 1. The van der Waals surface area contributed by atoms with Crippen molar-refractivity contribution in [1.82, 2.24) is 4.98 Å². The number of carbonyl (C=O) groups is 3. The van der Waals surface area contributed by atoms with Gasteiger partial charge in [-0.05, 0) is 36.4 Å². The number of esters is 1. The molecule has 0 bridgehead atoms. The van der Waals surface area contributed by atoms with Gasteiger partial charge in [-0.1, -0.05) is 0 Å². The molecule has 1 amide bonds. The third-order valence-electron chi connectivity index (χ3n) is 2.87. The molecule has 2 rings (SSSR count). The molecule has 2 N–H and O–H groups in total. The number of ketones is 1. The van der Waals surface area contributed by atoms with Crippen LogP contribution in [-0.4, -0.2) is 29.8 Å². The van der Waals surface area contributed by atoms with E-state index < -0.39 is 5.97 Å². The molecule has 0 saturated heterocycles. The standard InChI is InChI=1S/C15H14N2O4/c1-9(18)12-7-8-13(17-12)14(19)16-11-5-3-10(4-6-11)15(20)21-2/h3-8,17H,1-2H3,(H,16,19). The molecule has 1 aromatic carbocycles. The zero-order valence-corrected chi connectivity index (χ0v) is 11.6. The minimum atomic E-state index is -0.441. The van der Waals surface area contributed by atoms with Crippen LogP contribution < -0.4 is 5.32 Å². The Balaban J connectivity index is 2.08. The Morgan fingerprint density at radius 3 is 2.14 bits per heavy atom. The lowest BCUT2D eigenvalue weighted by Crippen LogP contribution is -2.13. The van der Waals surface area contributed by atoms with Crippen LogP contribution in [0.4, 0.5) is 5.69 Å². The quantitative estimate of drug-likeness (QED) is 0.666. The lowest BCUT2D eigenvalue weighted by atomic mass is 10.2. The highest BCUT2D eigenvalue weighted by atomic mass is 16.5. The molecule has 2 aromatic rings. The fraction of sp³-hybridized carbons (Fsp3) is 0.133. The summed E-state index contributed by atoms with van der Waals surface area (Å²) in [6, 6.07) is 9.39. The summed E-state index contributed by atoms with van der Waals surface area (Å²) in [7, 11) is 1.30. The van der Waals surface area contributed by atoms with Crippen LogP contribution in [0, 0.1) is 0 Å². The number of aromatic nitrogens is 1. The molecule has 0 spiro atoms. The van der Waals surface area contributed by atoms with Crippen LogP contribution in [0.3, 0.4) is 0 Å². The maximum Gasteiger partial charge on any atom is 0.337 e. The number of hydrogen-bond acceptors (Lipinski definition) is 4. The molecule has 1 heterocycles. The van der Waals surface area contributed by atoms with E-state index in [-0.39, 0.29) is 17.4 Å². The molecule has 0 aliphatic heterocycles. The fourth-order valence-corrected chi connectivity index (χ4v) is 1.74. The van der Waals surface area contributed by atoms with Crippen LogP contribution in [0.15, 0.2) is 36.4 Å². The lowest BCUT2D eigenvalue weighted by Gasteiger charge is -2.05. The zero-order valence-electron chi connectivity index (χ0n) is 11.6. The minimum Gasteiger partial charge on any atom is -0.465 e. The number of H-pyrrole nitrogens is 1. The highest BCUT2D eigenvalue weighted by molar-refractivity contribution is 6.04. The monoisotopic (exact) mass is 286 g/mol. The summed E-state index contributed by atoms with van der Waals surface area (Å²) >= 11 is 0. The fourth-order valence-electron chi connectivity index (χ4n) is 1.74. The van der Waals surface area contributed by atoms with Crippen molar-refractivity contribution < 1.29 is 19.1 Å². The average molecular weight is 286 g/mol. The van der Waals surface area contributed by atoms with Gasteiger partial charge in [0, 0.05) is 12.6 Å². The van der Waals surface area contributed by atoms with Gasteiger partial charge in [0.05, 0.1) is 18.4 Å². The van der Waals surface area contributed by atoms with E-state index in [4.69, 9.17) is 0 Å². The number of anilines is 1. The molecule has 0 aliphatic rings. The van der Waals surface area contributed by atoms with Crippen LogP contribution in [0.1, 0.15) is 38.3 Å². The molecular formula is C15H14N2O4. The number of hydrogen-bond donors (Lipinski definition) is 2. The molecule has 21 heavy (non-hydrogen) atoms. The Kier molecular flexibility index (Phi) is 4.18. The van der Waals surface area contributed by atoms with Gasteiger partial charge < -0.3 is 15.0 Å². The number of amides is 1. The summed E-state index contributed by atoms with van der Waals surface area (Å²) in [4.78, 5) is 37.2. The van der Waals surface area contributed by atoms with Crippen molar-refractivity contribution in [2.45, 2.75) is 6.92 Å². The van der Waals surface area contributed by atoms with Gasteiger partial charge in [-0.3, -0.25) is 9.59 Å². The number of carbonyl (C=O) groups excluding carboxylic acids is 3. The average Bonchev–Trinajstić information content (AvgIpc) is 2.97. The Morgan fingerprint density at radius 1 is 1.00 bits per heavy atom. The number of rotatable bonds is 4. The third-order valence-corrected chi connectivity index (χ3v) is 2.87. The largest absolute Gasteiger partial charge is 0.465 e. The third kappa shape index (κ3) is 3.36. The van der Waals surface area contributed by atoms with E-state index in [2.05, 4.69) is 15.0 Å². The van der Waals surface area contributed by atoms with E-state index in [1.165, 1.54) is 20.1 Å². The van der Waals surface area contributed by atoms with E-state index in [1.54, 1.807) is 30.3 Å². The van der Waals surface area contributed by atoms with Gasteiger partial charge in [0.1, 0.15) is 5.69 Å². The van der Waals surface area contributed by atoms with E-state index in [1.807, 2.05) is 0 Å². The van der Waals surface area contributed by atoms with Crippen LogP contribution in [0.2, 0.25) is 0 Å². The first kappa shape index (κ1) is 14.5. The van der Waals surface area contributed by atoms with Crippen molar-refractivity contribution in [3.63, 3.8) is 0 Å². The number of benzene rings is 1. The maximum atomic E-state index is 12.0. The second-order valence-electron chi connectivity index (χ2n) is 4.36. The number of aromatic amines is 1. The van der Waals surface area contributed by atoms with Gasteiger partial charge in [0.15, 0.2) is 5.78 Å². The molecule has 0 saturated carbocycles. The first-order valence-corrected chi connectivity index (χ1v) is 6.21. The van der Waals surface area contributed by atoms with Crippen molar-refractivity contribution in [1.29, 1.82) is 0 Å².